The molecule has 2 amide bonds. The Morgan fingerprint density at radius 2 is 2.04 bits per heavy atom. The van der Waals surface area contributed by atoms with Crippen LogP contribution >= 0.6 is 11.3 Å². The van der Waals surface area contributed by atoms with Crippen molar-refractivity contribution in [3.8, 4) is 0 Å². The lowest BCUT2D eigenvalue weighted by atomic mass is 9.96. The van der Waals surface area contributed by atoms with Gasteiger partial charge in [0, 0.05) is 30.4 Å². The lowest BCUT2D eigenvalue weighted by molar-refractivity contribution is -0.178. The van der Waals surface area contributed by atoms with Crippen LogP contribution in [0.1, 0.15) is 17.7 Å². The van der Waals surface area contributed by atoms with Crippen LogP contribution in [0.3, 0.4) is 0 Å². The summed E-state index contributed by atoms with van der Waals surface area (Å²) in [7, 11) is 0. The van der Waals surface area contributed by atoms with Crippen molar-refractivity contribution in [2.45, 2.75) is 25.4 Å². The molecule has 0 atom stereocenters. The van der Waals surface area contributed by atoms with E-state index < -0.39 is 25.3 Å². The summed E-state index contributed by atoms with van der Waals surface area (Å²) in [5.74, 6) is -0.666. The molecular weight excluding hydrogens is 357 g/mol. The number of carbonyl (C=O) groups excluding carboxylic acids is 2. The minimum Gasteiger partial charge on any atom is -0.362 e. The number of thiophene rings is 1. The van der Waals surface area contributed by atoms with Gasteiger partial charge in [0.05, 0.1) is 0 Å². The minimum absolute atomic E-state index is 0.0306. The molecule has 140 valence electrons. The van der Waals surface area contributed by atoms with Gasteiger partial charge < -0.3 is 15.0 Å². The molecule has 0 bridgehead atoms. The van der Waals surface area contributed by atoms with Crippen LogP contribution in [0.25, 0.3) is 0 Å². The van der Waals surface area contributed by atoms with Crippen LogP contribution < -0.4 is 5.32 Å². The van der Waals surface area contributed by atoms with Crippen molar-refractivity contribution < 1.29 is 27.5 Å². The fourth-order valence-corrected chi connectivity index (χ4v) is 3.35. The Morgan fingerprint density at radius 1 is 1.32 bits per heavy atom. The van der Waals surface area contributed by atoms with Crippen LogP contribution in [-0.4, -0.2) is 55.7 Å². The zero-order valence-corrected chi connectivity index (χ0v) is 14.5. The zero-order valence-electron chi connectivity index (χ0n) is 13.7. The van der Waals surface area contributed by atoms with Gasteiger partial charge in [-0.25, -0.2) is 0 Å². The third-order valence-electron chi connectivity index (χ3n) is 3.96. The van der Waals surface area contributed by atoms with E-state index in [0.717, 1.165) is 6.42 Å². The normalized spacial score (nSPS) is 16.0. The summed E-state index contributed by atoms with van der Waals surface area (Å²) in [4.78, 5) is 26.6. The van der Waals surface area contributed by atoms with Crippen molar-refractivity contribution in [3.63, 3.8) is 0 Å². The number of hydrogen-bond donors (Lipinski definition) is 1. The molecule has 2 rings (SSSR count). The Hall–Kier alpha value is -1.61. The zero-order chi connectivity index (χ0) is 18.3. The quantitative estimate of drug-likeness (QED) is 0.792. The molecule has 25 heavy (non-hydrogen) atoms. The summed E-state index contributed by atoms with van der Waals surface area (Å²) >= 11 is 1.64. The number of ether oxygens (including phenoxy) is 1. The number of alkyl halides is 3. The number of nitrogens with one attached hydrogen (secondary N) is 1. The van der Waals surface area contributed by atoms with E-state index >= 15 is 0 Å². The molecule has 0 unspecified atom stereocenters. The standard InChI is InChI=1S/C16H21F3N2O3S/c17-16(18,19)11-24-10-14(22)21-7-4-12(5-8-21)15(23)20-6-3-13-2-1-9-25-13/h1-2,9,12H,3-8,10-11H2,(H,20,23). The number of carbonyl (C=O) groups is 2. The number of piperidine rings is 1. The lowest BCUT2D eigenvalue weighted by Crippen LogP contribution is -2.44. The molecule has 1 fully saturated rings. The molecule has 0 aliphatic carbocycles. The van der Waals surface area contributed by atoms with Gasteiger partial charge in [-0.15, -0.1) is 11.3 Å². The highest BCUT2D eigenvalue weighted by Crippen LogP contribution is 2.18. The Bertz CT molecular complexity index is 555. The maximum atomic E-state index is 12.1. The van der Waals surface area contributed by atoms with Crippen LogP contribution in [0.15, 0.2) is 17.5 Å². The molecular formula is C16H21F3N2O3S. The Kier molecular flexibility index (Phi) is 7.24. The number of nitrogens with zero attached hydrogens (tertiary/aromatic N) is 1. The topological polar surface area (TPSA) is 58.6 Å². The van der Waals surface area contributed by atoms with Gasteiger partial charge in [0.2, 0.25) is 11.8 Å². The van der Waals surface area contributed by atoms with E-state index in [4.69, 9.17) is 0 Å². The maximum absolute atomic E-state index is 12.1. The number of hydrogen-bond acceptors (Lipinski definition) is 4. The SMILES string of the molecule is O=C(NCCc1cccs1)C1CCN(C(=O)COCC(F)(F)F)CC1. The van der Waals surface area contributed by atoms with Gasteiger partial charge in [-0.3, -0.25) is 9.59 Å². The van der Waals surface area contributed by atoms with E-state index in [9.17, 15) is 22.8 Å². The van der Waals surface area contributed by atoms with E-state index in [1.54, 1.807) is 11.3 Å². The van der Waals surface area contributed by atoms with E-state index in [0.29, 0.717) is 32.5 Å². The molecule has 0 radical (unpaired) electrons. The predicted molar refractivity (Wildman–Crippen MR) is 87.2 cm³/mol. The molecule has 1 aromatic rings. The summed E-state index contributed by atoms with van der Waals surface area (Å²) in [5.41, 5.74) is 0. The van der Waals surface area contributed by atoms with Crippen molar-refractivity contribution in [2.75, 3.05) is 32.8 Å². The summed E-state index contributed by atoms with van der Waals surface area (Å²) in [6, 6.07) is 3.98. The second-order valence-electron chi connectivity index (χ2n) is 5.88. The van der Waals surface area contributed by atoms with Gasteiger partial charge in [0.25, 0.3) is 0 Å². The number of likely N-dealkylation sites (tertiary alicyclic amines) is 1. The second kappa shape index (κ2) is 9.19. The third kappa shape index (κ3) is 7.03. The maximum Gasteiger partial charge on any atom is 0.411 e. The van der Waals surface area contributed by atoms with Gasteiger partial charge in [-0.1, -0.05) is 6.07 Å². The highest BCUT2D eigenvalue weighted by atomic mass is 32.1. The first kappa shape index (κ1) is 19.7. The molecule has 2 heterocycles. The van der Waals surface area contributed by atoms with Gasteiger partial charge in [0.15, 0.2) is 0 Å². The Labute approximate surface area is 148 Å². The lowest BCUT2D eigenvalue weighted by Gasteiger charge is -2.31. The fraction of sp³-hybridized carbons (Fsp3) is 0.625. The Morgan fingerprint density at radius 3 is 2.64 bits per heavy atom. The summed E-state index contributed by atoms with van der Waals surface area (Å²) in [6.45, 7) is -0.725. The molecule has 1 aliphatic heterocycles. The monoisotopic (exact) mass is 378 g/mol. The molecule has 1 aliphatic rings. The van der Waals surface area contributed by atoms with Gasteiger partial charge in [-0.05, 0) is 30.7 Å². The van der Waals surface area contributed by atoms with Crippen molar-refractivity contribution >= 4 is 23.2 Å². The van der Waals surface area contributed by atoms with Crippen LogP contribution in [0.2, 0.25) is 0 Å². The van der Waals surface area contributed by atoms with E-state index in [-0.39, 0.29) is 11.8 Å². The highest BCUT2D eigenvalue weighted by molar-refractivity contribution is 7.09. The molecule has 0 spiro atoms. The summed E-state index contributed by atoms with van der Waals surface area (Å²) in [6.07, 6.45) is -2.63. The molecule has 0 aromatic carbocycles. The third-order valence-corrected chi connectivity index (χ3v) is 4.90. The largest absolute Gasteiger partial charge is 0.411 e. The number of amides is 2. The average molecular weight is 378 g/mol. The molecule has 0 saturated carbocycles. The molecule has 1 aromatic heterocycles. The first-order valence-electron chi connectivity index (χ1n) is 8.07. The predicted octanol–water partition coefficient (Wildman–Crippen LogP) is 2.22. The van der Waals surface area contributed by atoms with Crippen LogP contribution in [0.4, 0.5) is 13.2 Å². The minimum atomic E-state index is -4.44. The van der Waals surface area contributed by atoms with Crippen molar-refractivity contribution in [3.05, 3.63) is 22.4 Å². The molecule has 1 N–H and O–H groups in total. The van der Waals surface area contributed by atoms with Crippen molar-refractivity contribution in [2.24, 2.45) is 5.92 Å². The van der Waals surface area contributed by atoms with Crippen molar-refractivity contribution in [1.29, 1.82) is 0 Å². The van der Waals surface area contributed by atoms with E-state index in [1.165, 1.54) is 9.78 Å². The first-order valence-corrected chi connectivity index (χ1v) is 8.95. The smallest absolute Gasteiger partial charge is 0.362 e. The van der Waals surface area contributed by atoms with Crippen molar-refractivity contribution in [1.82, 2.24) is 10.2 Å². The highest BCUT2D eigenvalue weighted by Gasteiger charge is 2.30. The summed E-state index contributed by atoms with van der Waals surface area (Å²) < 4.78 is 40.3. The average Bonchev–Trinajstić information content (AvgIpc) is 3.07. The molecule has 5 nitrogen and oxygen atoms in total. The Balaban J connectivity index is 1.63. The number of halogens is 3. The van der Waals surface area contributed by atoms with Gasteiger partial charge in [0.1, 0.15) is 13.2 Å². The summed E-state index contributed by atoms with van der Waals surface area (Å²) in [5, 5.41) is 4.89. The molecule has 1 saturated heterocycles. The first-order chi connectivity index (χ1) is 11.8. The number of rotatable bonds is 7. The van der Waals surface area contributed by atoms with Crippen LogP contribution in [-0.2, 0) is 20.7 Å². The van der Waals surface area contributed by atoms with Crippen LogP contribution in [0, 0.1) is 5.92 Å². The molecule has 9 heteroatoms. The van der Waals surface area contributed by atoms with E-state index in [1.807, 2.05) is 17.5 Å². The second-order valence-corrected chi connectivity index (χ2v) is 6.92. The van der Waals surface area contributed by atoms with Crippen LogP contribution in [0.5, 0.6) is 0 Å². The van der Waals surface area contributed by atoms with Gasteiger partial charge >= 0.3 is 6.18 Å². The van der Waals surface area contributed by atoms with Gasteiger partial charge in [-0.2, -0.15) is 13.2 Å². The van der Waals surface area contributed by atoms with E-state index in [2.05, 4.69) is 10.1 Å². The fourth-order valence-electron chi connectivity index (χ4n) is 2.64.